The van der Waals surface area contributed by atoms with Crippen molar-refractivity contribution in [3.8, 4) is 0 Å². The Morgan fingerprint density at radius 1 is 1.73 bits per heavy atom. The number of H-pyrrole nitrogens is 1. The number of nitrogens with zero attached hydrogens (tertiary/aromatic N) is 1. The monoisotopic (exact) mass is 171 g/mol. The molecular formula is C7H13N3S. The molecule has 0 aromatic carbocycles. The molecule has 0 saturated carbocycles. The Morgan fingerprint density at radius 2 is 2.55 bits per heavy atom. The number of aromatic nitrogens is 2. The zero-order valence-electron chi connectivity index (χ0n) is 6.85. The molecule has 0 unspecified atom stereocenters. The second-order valence-electron chi connectivity index (χ2n) is 2.32. The van der Waals surface area contributed by atoms with E-state index in [9.17, 15) is 0 Å². The van der Waals surface area contributed by atoms with Crippen LogP contribution < -0.4 is 4.72 Å². The summed E-state index contributed by atoms with van der Waals surface area (Å²) in [5, 5.41) is 0. The third kappa shape index (κ3) is 2.55. The highest BCUT2D eigenvalue weighted by atomic mass is 32.2. The molecule has 0 aliphatic heterocycles. The number of aromatic amines is 1. The molecule has 1 aromatic rings. The van der Waals surface area contributed by atoms with Gasteiger partial charge < -0.3 is 4.98 Å². The number of nitrogens with one attached hydrogen (secondary N) is 2. The van der Waals surface area contributed by atoms with Crippen molar-refractivity contribution < 1.29 is 0 Å². The van der Waals surface area contributed by atoms with Crippen LogP contribution in [0.25, 0.3) is 0 Å². The molecule has 1 aromatic heterocycles. The van der Waals surface area contributed by atoms with Gasteiger partial charge in [0.05, 0.1) is 12.0 Å². The fourth-order valence-electron chi connectivity index (χ4n) is 0.911. The van der Waals surface area contributed by atoms with Gasteiger partial charge in [0.2, 0.25) is 0 Å². The minimum Gasteiger partial charge on any atom is -0.348 e. The van der Waals surface area contributed by atoms with E-state index in [4.69, 9.17) is 0 Å². The molecule has 0 atom stereocenters. The highest BCUT2D eigenvalue weighted by Crippen LogP contribution is 2.00. The van der Waals surface area contributed by atoms with Crippen molar-refractivity contribution in [1.29, 1.82) is 0 Å². The first-order valence-corrected chi connectivity index (χ1v) is 4.81. The van der Waals surface area contributed by atoms with Crippen LogP contribution in [0.4, 0.5) is 0 Å². The third-order valence-corrected chi connectivity index (χ3v) is 2.04. The van der Waals surface area contributed by atoms with Crippen LogP contribution in [0.15, 0.2) is 6.33 Å². The first kappa shape index (κ1) is 8.62. The lowest BCUT2D eigenvalue weighted by atomic mass is 10.3. The van der Waals surface area contributed by atoms with Gasteiger partial charge in [-0.3, -0.25) is 4.72 Å². The maximum Gasteiger partial charge on any atom is 0.0925 e. The smallest absolute Gasteiger partial charge is 0.0925 e. The van der Waals surface area contributed by atoms with Crippen LogP contribution in [-0.2, 0) is 6.42 Å². The summed E-state index contributed by atoms with van der Waals surface area (Å²) in [6, 6.07) is 0. The highest BCUT2D eigenvalue weighted by Gasteiger charge is 1.98. The maximum atomic E-state index is 4.18. The van der Waals surface area contributed by atoms with Crippen LogP contribution in [0.3, 0.4) is 0 Å². The van der Waals surface area contributed by atoms with E-state index in [1.807, 2.05) is 13.2 Å². The molecule has 1 heterocycles. The normalized spacial score (nSPS) is 10.4. The van der Waals surface area contributed by atoms with Gasteiger partial charge in [0.1, 0.15) is 0 Å². The Labute approximate surface area is 71.1 Å². The number of imidazole rings is 1. The molecule has 3 nitrogen and oxygen atoms in total. The van der Waals surface area contributed by atoms with Crippen LogP contribution in [0.1, 0.15) is 11.4 Å². The SMILES string of the molecule is CSNCCc1nc[nH]c1C. The fourth-order valence-corrected chi connectivity index (χ4v) is 1.22. The van der Waals surface area contributed by atoms with Crippen LogP contribution in [-0.4, -0.2) is 22.8 Å². The van der Waals surface area contributed by atoms with Crippen molar-refractivity contribution in [2.24, 2.45) is 0 Å². The van der Waals surface area contributed by atoms with Gasteiger partial charge >= 0.3 is 0 Å². The molecule has 11 heavy (non-hydrogen) atoms. The van der Waals surface area contributed by atoms with Crippen molar-refractivity contribution >= 4 is 11.9 Å². The molecule has 0 aliphatic rings. The molecule has 2 N–H and O–H groups in total. The molecule has 0 amide bonds. The fraction of sp³-hybridized carbons (Fsp3) is 0.571. The molecule has 0 radical (unpaired) electrons. The lowest BCUT2D eigenvalue weighted by Gasteiger charge is -1.98. The zero-order chi connectivity index (χ0) is 8.10. The lowest BCUT2D eigenvalue weighted by Crippen LogP contribution is -2.08. The second kappa shape index (κ2) is 4.41. The van der Waals surface area contributed by atoms with Gasteiger partial charge in [-0.25, -0.2) is 4.98 Å². The van der Waals surface area contributed by atoms with Crippen molar-refractivity contribution in [2.45, 2.75) is 13.3 Å². The quantitative estimate of drug-likeness (QED) is 0.527. The summed E-state index contributed by atoms with van der Waals surface area (Å²) in [5.74, 6) is 0. The lowest BCUT2D eigenvalue weighted by molar-refractivity contribution is 0.877. The minimum absolute atomic E-state index is 0.979. The number of hydrogen-bond acceptors (Lipinski definition) is 3. The first-order chi connectivity index (χ1) is 5.34. The Balaban J connectivity index is 2.32. The van der Waals surface area contributed by atoms with Gasteiger partial charge in [-0.15, -0.1) is 0 Å². The van der Waals surface area contributed by atoms with Crippen molar-refractivity contribution in [2.75, 3.05) is 12.8 Å². The van der Waals surface area contributed by atoms with E-state index < -0.39 is 0 Å². The summed E-state index contributed by atoms with van der Waals surface area (Å²) in [7, 11) is 0. The van der Waals surface area contributed by atoms with E-state index in [0.29, 0.717) is 0 Å². The summed E-state index contributed by atoms with van der Waals surface area (Å²) < 4.78 is 3.18. The summed E-state index contributed by atoms with van der Waals surface area (Å²) in [5.41, 5.74) is 2.33. The highest BCUT2D eigenvalue weighted by molar-refractivity contribution is 7.96. The van der Waals surface area contributed by atoms with E-state index in [1.54, 1.807) is 18.3 Å². The molecule has 62 valence electrons. The van der Waals surface area contributed by atoms with Crippen molar-refractivity contribution in [3.63, 3.8) is 0 Å². The Kier molecular flexibility index (Phi) is 3.45. The molecule has 1 rings (SSSR count). The number of aryl methyl sites for hydroxylation is 1. The first-order valence-electron chi connectivity index (χ1n) is 3.59. The largest absolute Gasteiger partial charge is 0.348 e. The summed E-state index contributed by atoms with van der Waals surface area (Å²) in [6.07, 6.45) is 4.76. The molecule has 0 spiro atoms. The molecular weight excluding hydrogens is 158 g/mol. The average molecular weight is 171 g/mol. The van der Waals surface area contributed by atoms with Crippen LogP contribution in [0.2, 0.25) is 0 Å². The average Bonchev–Trinajstić information content (AvgIpc) is 2.37. The van der Waals surface area contributed by atoms with Crippen molar-refractivity contribution in [1.82, 2.24) is 14.7 Å². The van der Waals surface area contributed by atoms with E-state index >= 15 is 0 Å². The van der Waals surface area contributed by atoms with Gasteiger partial charge in [-0.2, -0.15) is 0 Å². The van der Waals surface area contributed by atoms with E-state index in [-0.39, 0.29) is 0 Å². The topological polar surface area (TPSA) is 40.7 Å². The van der Waals surface area contributed by atoms with E-state index in [0.717, 1.165) is 18.7 Å². The van der Waals surface area contributed by atoms with Gasteiger partial charge in [0.15, 0.2) is 0 Å². The summed E-state index contributed by atoms with van der Waals surface area (Å²) >= 11 is 1.64. The van der Waals surface area contributed by atoms with E-state index in [1.165, 1.54) is 5.69 Å². The van der Waals surface area contributed by atoms with Gasteiger partial charge in [0.25, 0.3) is 0 Å². The van der Waals surface area contributed by atoms with Gasteiger partial charge in [-0.05, 0) is 13.2 Å². The molecule has 4 heteroatoms. The Hall–Kier alpha value is -0.480. The third-order valence-electron chi connectivity index (χ3n) is 1.54. The molecule has 0 fully saturated rings. The minimum atomic E-state index is 0.979. The summed E-state index contributed by atoms with van der Waals surface area (Å²) in [6.45, 7) is 3.02. The van der Waals surface area contributed by atoms with E-state index in [2.05, 4.69) is 14.7 Å². The Bertz CT molecular complexity index is 209. The second-order valence-corrected chi connectivity index (χ2v) is 3.02. The molecule has 0 saturated heterocycles. The van der Waals surface area contributed by atoms with Crippen LogP contribution >= 0.6 is 11.9 Å². The van der Waals surface area contributed by atoms with Gasteiger partial charge in [0, 0.05) is 18.7 Å². The van der Waals surface area contributed by atoms with Crippen LogP contribution in [0, 0.1) is 6.92 Å². The number of hydrogen-bond donors (Lipinski definition) is 2. The zero-order valence-corrected chi connectivity index (χ0v) is 7.66. The van der Waals surface area contributed by atoms with Crippen LogP contribution in [0.5, 0.6) is 0 Å². The molecule has 0 aliphatic carbocycles. The predicted molar refractivity (Wildman–Crippen MR) is 48.5 cm³/mol. The standard InChI is InChI=1S/C7H13N3S/c1-6-7(9-5-8-6)3-4-10-11-2/h5,10H,3-4H2,1-2H3,(H,8,9). The maximum absolute atomic E-state index is 4.18. The van der Waals surface area contributed by atoms with Gasteiger partial charge in [-0.1, -0.05) is 11.9 Å². The number of rotatable bonds is 4. The predicted octanol–water partition coefficient (Wildman–Crippen LogP) is 1.13. The molecule has 0 bridgehead atoms. The summed E-state index contributed by atoms with van der Waals surface area (Å²) in [4.78, 5) is 7.23. The Morgan fingerprint density at radius 3 is 3.09 bits per heavy atom. The van der Waals surface area contributed by atoms with Crippen molar-refractivity contribution in [3.05, 3.63) is 17.7 Å².